The fraction of sp³-hybridized carbons (Fsp3) is 0.414. The van der Waals surface area contributed by atoms with Gasteiger partial charge in [0.15, 0.2) is 5.78 Å². The molecule has 2 amide bonds. The van der Waals surface area contributed by atoms with E-state index in [4.69, 9.17) is 5.11 Å². The third-order valence-corrected chi connectivity index (χ3v) is 6.53. The van der Waals surface area contributed by atoms with Gasteiger partial charge in [0, 0.05) is 28.4 Å². The minimum absolute atomic E-state index is 0.0310. The van der Waals surface area contributed by atoms with Crippen molar-refractivity contribution < 1.29 is 24.6 Å². The third kappa shape index (κ3) is 8.53. The minimum Gasteiger partial charge on any atom is -0.391 e. The van der Waals surface area contributed by atoms with E-state index in [0.717, 1.165) is 24.1 Å². The van der Waals surface area contributed by atoms with Crippen molar-refractivity contribution in [2.24, 2.45) is 0 Å². The average Bonchev–Trinajstić information content (AvgIpc) is 2.91. The predicted octanol–water partition coefficient (Wildman–Crippen LogP) is 2.33. The molecule has 1 aliphatic rings. The van der Waals surface area contributed by atoms with E-state index in [2.05, 4.69) is 27.4 Å². The molecule has 196 valence electrons. The molecule has 0 aromatic heterocycles. The number of carbonyl (C=O) groups is 3. The van der Waals surface area contributed by atoms with Crippen LogP contribution in [0.1, 0.15) is 60.5 Å². The number of benzene rings is 2. The van der Waals surface area contributed by atoms with E-state index in [1.165, 1.54) is 26.2 Å². The second-order valence-electron chi connectivity index (χ2n) is 9.48. The van der Waals surface area contributed by atoms with Crippen LogP contribution in [-0.2, 0) is 9.59 Å². The lowest BCUT2D eigenvalue weighted by atomic mass is 9.94. The van der Waals surface area contributed by atoms with Gasteiger partial charge in [-0.3, -0.25) is 19.3 Å². The quantitative estimate of drug-likeness (QED) is 0.389. The maximum Gasteiger partial charge on any atom is 0.251 e. The number of amides is 2. The number of nitrogens with one attached hydrogen (secondary N) is 2. The van der Waals surface area contributed by atoms with Crippen LogP contribution in [-0.4, -0.2) is 71.1 Å². The normalized spacial score (nSPS) is 15.3. The van der Waals surface area contributed by atoms with Gasteiger partial charge in [0.2, 0.25) is 5.91 Å². The zero-order valence-corrected chi connectivity index (χ0v) is 21.4. The van der Waals surface area contributed by atoms with Crippen molar-refractivity contribution in [1.82, 2.24) is 10.2 Å². The summed E-state index contributed by atoms with van der Waals surface area (Å²) in [5, 5.41) is 24.1. The first-order chi connectivity index (χ1) is 17.8. The average molecular weight is 506 g/mol. The van der Waals surface area contributed by atoms with Crippen LogP contribution in [0.15, 0.2) is 48.5 Å². The van der Waals surface area contributed by atoms with Crippen LogP contribution >= 0.6 is 0 Å². The Hall–Kier alpha value is -3.51. The van der Waals surface area contributed by atoms with Crippen molar-refractivity contribution >= 4 is 23.3 Å². The standard InChI is InChI=1S/C29H35N3O5/c1-20(34)28(26(35)19-33)31-29(37)23-14-10-21(11-15-23)8-9-22-12-16-24(17-13-22)30-27(36)18-32(2)25-6-4-3-5-7-25/h10-17,20,25,28,33-34H,3-7,18-19H2,1-2H3,(H,30,36)(H,31,37)/t20-,28+/m1/s1. The Labute approximate surface area is 218 Å². The molecule has 1 aliphatic carbocycles. The molecule has 0 spiro atoms. The Bertz CT molecular complexity index is 1130. The minimum atomic E-state index is -1.18. The SMILES string of the molecule is C[C@@H](O)[C@H](NC(=O)c1ccc(C#Cc2ccc(NC(=O)CN(C)C3CCCCC3)cc2)cc1)C(=O)CO. The number of ketones is 1. The zero-order chi connectivity index (χ0) is 26.8. The number of Topliss-reactive ketones (excluding diaryl/α,β-unsaturated/α-hetero) is 1. The Morgan fingerprint density at radius 1 is 0.973 bits per heavy atom. The number of anilines is 1. The first kappa shape index (κ1) is 28.1. The lowest BCUT2D eigenvalue weighted by Gasteiger charge is -2.30. The Balaban J connectivity index is 1.53. The summed E-state index contributed by atoms with van der Waals surface area (Å²) in [6.07, 6.45) is 4.93. The molecule has 3 rings (SSSR count). The lowest BCUT2D eigenvalue weighted by Crippen LogP contribution is -2.48. The molecule has 0 unspecified atom stereocenters. The van der Waals surface area contributed by atoms with E-state index >= 15 is 0 Å². The number of hydrogen-bond donors (Lipinski definition) is 4. The molecule has 0 heterocycles. The van der Waals surface area contributed by atoms with Gasteiger partial charge in [-0.25, -0.2) is 0 Å². The highest BCUT2D eigenvalue weighted by molar-refractivity contribution is 5.98. The fourth-order valence-electron chi connectivity index (χ4n) is 4.36. The van der Waals surface area contributed by atoms with Gasteiger partial charge in [-0.05, 0) is 75.3 Å². The number of aliphatic hydroxyl groups is 2. The maximum absolute atomic E-state index is 12.4. The summed E-state index contributed by atoms with van der Waals surface area (Å²) in [6.45, 7) is 0.974. The van der Waals surface area contributed by atoms with Gasteiger partial charge in [0.1, 0.15) is 12.6 Å². The van der Waals surface area contributed by atoms with Crippen molar-refractivity contribution in [3.05, 3.63) is 65.2 Å². The molecular weight excluding hydrogens is 470 g/mol. The summed E-state index contributed by atoms with van der Waals surface area (Å²) in [6, 6.07) is 13.1. The molecule has 0 radical (unpaired) electrons. The molecule has 4 N–H and O–H groups in total. The van der Waals surface area contributed by atoms with Crippen LogP contribution in [0.5, 0.6) is 0 Å². The van der Waals surface area contributed by atoms with Crippen molar-refractivity contribution in [1.29, 1.82) is 0 Å². The first-order valence-electron chi connectivity index (χ1n) is 12.6. The monoisotopic (exact) mass is 505 g/mol. The van der Waals surface area contributed by atoms with Crippen LogP contribution in [0.2, 0.25) is 0 Å². The number of rotatable bonds is 9. The van der Waals surface area contributed by atoms with Crippen molar-refractivity contribution in [3.63, 3.8) is 0 Å². The molecule has 1 saturated carbocycles. The van der Waals surface area contributed by atoms with Crippen molar-refractivity contribution in [2.45, 2.75) is 57.2 Å². The lowest BCUT2D eigenvalue weighted by molar-refractivity contribution is -0.126. The van der Waals surface area contributed by atoms with Crippen molar-refractivity contribution in [3.8, 4) is 11.8 Å². The Morgan fingerprint density at radius 2 is 1.54 bits per heavy atom. The molecule has 8 heteroatoms. The molecule has 8 nitrogen and oxygen atoms in total. The highest BCUT2D eigenvalue weighted by Gasteiger charge is 2.25. The largest absolute Gasteiger partial charge is 0.391 e. The van der Waals surface area contributed by atoms with Crippen LogP contribution in [0.25, 0.3) is 0 Å². The van der Waals surface area contributed by atoms with Gasteiger partial charge >= 0.3 is 0 Å². The molecular formula is C29H35N3O5. The maximum atomic E-state index is 12.4. The smallest absolute Gasteiger partial charge is 0.251 e. The summed E-state index contributed by atoms with van der Waals surface area (Å²) in [5.74, 6) is 4.86. The van der Waals surface area contributed by atoms with Gasteiger partial charge in [-0.1, -0.05) is 31.1 Å². The summed E-state index contributed by atoms with van der Waals surface area (Å²) in [7, 11) is 2.01. The summed E-state index contributed by atoms with van der Waals surface area (Å²) in [4.78, 5) is 38.7. The number of hydrogen-bond acceptors (Lipinski definition) is 6. The number of aliphatic hydroxyl groups excluding tert-OH is 2. The Morgan fingerprint density at radius 3 is 2.08 bits per heavy atom. The molecule has 0 saturated heterocycles. The zero-order valence-electron chi connectivity index (χ0n) is 21.4. The van der Waals surface area contributed by atoms with E-state index in [9.17, 15) is 19.5 Å². The molecule has 2 aromatic rings. The fourth-order valence-corrected chi connectivity index (χ4v) is 4.36. The van der Waals surface area contributed by atoms with Crippen LogP contribution in [0, 0.1) is 11.8 Å². The second kappa shape index (κ2) is 13.7. The molecule has 37 heavy (non-hydrogen) atoms. The molecule has 0 aliphatic heterocycles. The number of nitrogens with zero attached hydrogens (tertiary/aromatic N) is 1. The third-order valence-electron chi connectivity index (χ3n) is 6.53. The molecule has 0 bridgehead atoms. The van der Waals surface area contributed by atoms with Gasteiger partial charge in [0.25, 0.3) is 5.91 Å². The summed E-state index contributed by atoms with van der Waals surface area (Å²) in [5.41, 5.74) is 2.49. The van der Waals surface area contributed by atoms with Crippen LogP contribution in [0.4, 0.5) is 5.69 Å². The van der Waals surface area contributed by atoms with Gasteiger partial charge in [0.05, 0.1) is 12.6 Å². The highest BCUT2D eigenvalue weighted by atomic mass is 16.3. The van der Waals surface area contributed by atoms with E-state index in [1.54, 1.807) is 24.3 Å². The topological polar surface area (TPSA) is 119 Å². The molecule has 1 fully saturated rings. The van der Waals surface area contributed by atoms with E-state index < -0.39 is 30.4 Å². The van der Waals surface area contributed by atoms with Crippen molar-refractivity contribution in [2.75, 3.05) is 25.5 Å². The van der Waals surface area contributed by atoms with E-state index in [1.807, 2.05) is 31.3 Å². The van der Waals surface area contributed by atoms with Gasteiger partial charge in [-0.15, -0.1) is 0 Å². The number of likely N-dealkylation sites (N-methyl/N-ethyl adjacent to an activating group) is 1. The van der Waals surface area contributed by atoms with Gasteiger partial charge < -0.3 is 20.8 Å². The Kier molecular flexibility index (Phi) is 10.4. The molecule has 2 aromatic carbocycles. The molecule has 2 atom stereocenters. The van der Waals surface area contributed by atoms with Crippen LogP contribution < -0.4 is 10.6 Å². The highest BCUT2D eigenvalue weighted by Crippen LogP contribution is 2.21. The van der Waals surface area contributed by atoms with E-state index in [-0.39, 0.29) is 5.91 Å². The summed E-state index contributed by atoms with van der Waals surface area (Å²) >= 11 is 0. The van der Waals surface area contributed by atoms with Crippen LogP contribution in [0.3, 0.4) is 0 Å². The summed E-state index contributed by atoms with van der Waals surface area (Å²) < 4.78 is 0. The first-order valence-corrected chi connectivity index (χ1v) is 12.6. The second-order valence-corrected chi connectivity index (χ2v) is 9.48. The number of carbonyl (C=O) groups excluding carboxylic acids is 3. The predicted molar refractivity (Wildman–Crippen MR) is 142 cm³/mol. The van der Waals surface area contributed by atoms with Gasteiger partial charge in [-0.2, -0.15) is 0 Å². The van der Waals surface area contributed by atoms with E-state index in [0.29, 0.717) is 23.7 Å².